The fraction of sp³-hybridized carbons (Fsp3) is 0.500. The number of ether oxygens (including phenoxy) is 1. The summed E-state index contributed by atoms with van der Waals surface area (Å²) >= 11 is 0. The normalized spacial score (nSPS) is 11.7. The Balaban J connectivity index is 2.67. The maximum Gasteiger partial charge on any atom is 0.323 e. The van der Waals surface area contributed by atoms with E-state index in [0.29, 0.717) is 13.0 Å². The summed E-state index contributed by atoms with van der Waals surface area (Å²) in [5.74, 6) is -1.07. The summed E-state index contributed by atoms with van der Waals surface area (Å²) in [4.78, 5) is 12.8. The molecule has 19 heavy (non-hydrogen) atoms. The van der Waals surface area contributed by atoms with Gasteiger partial charge in [0.15, 0.2) is 11.6 Å². The first kappa shape index (κ1) is 15.4. The third-order valence-electron chi connectivity index (χ3n) is 3.43. The number of hydrogen-bond donors (Lipinski definition) is 1. The lowest BCUT2D eigenvalue weighted by Crippen LogP contribution is -2.48. The van der Waals surface area contributed by atoms with Gasteiger partial charge in [0.1, 0.15) is 5.54 Å². The fourth-order valence-electron chi connectivity index (χ4n) is 1.60. The van der Waals surface area contributed by atoms with Crippen molar-refractivity contribution in [2.75, 3.05) is 20.7 Å². The molecule has 0 unspecified atom stereocenters. The molecule has 1 aromatic carbocycles. The number of carboxylic acids is 1. The number of likely N-dealkylation sites (N-methyl/N-ethyl adjacent to an activating group) is 1. The van der Waals surface area contributed by atoms with Gasteiger partial charge in [0, 0.05) is 6.54 Å². The number of nitrogens with zero attached hydrogens (tertiary/aromatic N) is 1. The molecule has 0 radical (unpaired) electrons. The summed E-state index contributed by atoms with van der Waals surface area (Å²) in [5, 5.41) is 9.10. The monoisotopic (exact) mass is 269 g/mol. The predicted octanol–water partition coefficient (Wildman–Crippen LogP) is 2.17. The molecule has 0 atom stereocenters. The molecule has 0 amide bonds. The summed E-state index contributed by atoms with van der Waals surface area (Å²) in [6.45, 7) is 3.82. The first-order valence-corrected chi connectivity index (χ1v) is 6.06. The fourth-order valence-corrected chi connectivity index (χ4v) is 1.60. The Morgan fingerprint density at radius 2 is 2.11 bits per heavy atom. The molecule has 0 saturated carbocycles. The van der Waals surface area contributed by atoms with Crippen molar-refractivity contribution in [3.63, 3.8) is 0 Å². The van der Waals surface area contributed by atoms with Crippen molar-refractivity contribution in [3.8, 4) is 5.75 Å². The molecule has 0 spiro atoms. The van der Waals surface area contributed by atoms with Crippen molar-refractivity contribution in [3.05, 3.63) is 29.6 Å². The van der Waals surface area contributed by atoms with Gasteiger partial charge in [-0.25, -0.2) is 4.39 Å². The number of aliphatic carboxylic acids is 1. The number of benzene rings is 1. The zero-order valence-electron chi connectivity index (χ0n) is 11.7. The molecule has 1 aromatic rings. The zero-order valence-corrected chi connectivity index (χ0v) is 11.7. The van der Waals surface area contributed by atoms with Crippen LogP contribution >= 0.6 is 0 Å². The lowest BCUT2D eigenvalue weighted by molar-refractivity contribution is -0.148. The van der Waals surface area contributed by atoms with Crippen LogP contribution in [0.3, 0.4) is 0 Å². The van der Waals surface area contributed by atoms with Crippen LogP contribution in [-0.2, 0) is 11.2 Å². The van der Waals surface area contributed by atoms with E-state index in [1.807, 2.05) is 0 Å². The topological polar surface area (TPSA) is 49.8 Å². The van der Waals surface area contributed by atoms with Crippen molar-refractivity contribution in [1.82, 2.24) is 4.90 Å². The third-order valence-corrected chi connectivity index (χ3v) is 3.43. The average Bonchev–Trinajstić information content (AvgIpc) is 2.35. The highest BCUT2D eigenvalue weighted by Crippen LogP contribution is 2.19. The molecular formula is C14H20FNO3. The van der Waals surface area contributed by atoms with Crippen LogP contribution < -0.4 is 4.74 Å². The molecule has 0 heterocycles. The Hall–Kier alpha value is -1.62. The molecule has 0 aliphatic carbocycles. The van der Waals surface area contributed by atoms with E-state index < -0.39 is 17.3 Å². The largest absolute Gasteiger partial charge is 0.494 e. The quantitative estimate of drug-likeness (QED) is 0.860. The van der Waals surface area contributed by atoms with E-state index in [2.05, 4.69) is 0 Å². The number of carboxylic acid groups (broad SMARTS) is 1. The first-order valence-electron chi connectivity index (χ1n) is 6.06. The minimum atomic E-state index is -0.939. The predicted molar refractivity (Wildman–Crippen MR) is 71.0 cm³/mol. The van der Waals surface area contributed by atoms with Crippen molar-refractivity contribution in [2.45, 2.75) is 25.8 Å². The van der Waals surface area contributed by atoms with Crippen LogP contribution in [0.4, 0.5) is 4.39 Å². The smallest absolute Gasteiger partial charge is 0.323 e. The molecule has 5 heteroatoms. The van der Waals surface area contributed by atoms with Gasteiger partial charge in [0.25, 0.3) is 0 Å². The number of halogens is 1. The van der Waals surface area contributed by atoms with Crippen LogP contribution in [0.2, 0.25) is 0 Å². The Morgan fingerprint density at radius 3 is 2.58 bits per heavy atom. The van der Waals surface area contributed by atoms with Gasteiger partial charge >= 0.3 is 5.97 Å². The van der Waals surface area contributed by atoms with Crippen molar-refractivity contribution >= 4 is 5.97 Å². The lowest BCUT2D eigenvalue weighted by atomic mass is 10.0. The van der Waals surface area contributed by atoms with E-state index in [4.69, 9.17) is 9.84 Å². The van der Waals surface area contributed by atoms with E-state index in [1.165, 1.54) is 13.2 Å². The van der Waals surface area contributed by atoms with E-state index in [9.17, 15) is 9.18 Å². The maximum atomic E-state index is 13.5. The van der Waals surface area contributed by atoms with Crippen LogP contribution in [-0.4, -0.2) is 42.2 Å². The van der Waals surface area contributed by atoms with Gasteiger partial charge in [0.05, 0.1) is 7.11 Å². The maximum absolute atomic E-state index is 13.5. The van der Waals surface area contributed by atoms with Crippen molar-refractivity contribution in [1.29, 1.82) is 0 Å². The summed E-state index contributed by atoms with van der Waals surface area (Å²) in [6.07, 6.45) is 0.578. The second-order valence-corrected chi connectivity index (χ2v) is 5.00. The Kier molecular flexibility index (Phi) is 4.89. The van der Waals surface area contributed by atoms with E-state index in [0.717, 1.165) is 5.56 Å². The summed E-state index contributed by atoms with van der Waals surface area (Å²) in [6, 6.07) is 4.77. The molecule has 4 nitrogen and oxygen atoms in total. The highest BCUT2D eigenvalue weighted by atomic mass is 19.1. The molecule has 0 aliphatic heterocycles. The molecular weight excluding hydrogens is 249 g/mol. The van der Waals surface area contributed by atoms with Gasteiger partial charge in [0.2, 0.25) is 0 Å². The lowest BCUT2D eigenvalue weighted by Gasteiger charge is -2.31. The van der Waals surface area contributed by atoms with Gasteiger partial charge in [-0.2, -0.15) is 0 Å². The number of methoxy groups -OCH3 is 1. The number of carbonyl (C=O) groups is 1. The van der Waals surface area contributed by atoms with Crippen LogP contribution in [0.5, 0.6) is 5.75 Å². The summed E-state index contributed by atoms with van der Waals surface area (Å²) < 4.78 is 18.4. The van der Waals surface area contributed by atoms with Crippen LogP contribution in [0, 0.1) is 5.82 Å². The van der Waals surface area contributed by atoms with Crippen LogP contribution in [0.15, 0.2) is 18.2 Å². The van der Waals surface area contributed by atoms with Crippen LogP contribution in [0.1, 0.15) is 19.4 Å². The second kappa shape index (κ2) is 6.02. The average molecular weight is 269 g/mol. The van der Waals surface area contributed by atoms with Crippen molar-refractivity contribution in [2.24, 2.45) is 0 Å². The second-order valence-electron chi connectivity index (χ2n) is 5.00. The highest BCUT2D eigenvalue weighted by Gasteiger charge is 2.31. The van der Waals surface area contributed by atoms with E-state index in [1.54, 1.807) is 37.9 Å². The molecule has 0 aliphatic rings. The molecule has 0 saturated heterocycles. The van der Waals surface area contributed by atoms with Crippen LogP contribution in [0.25, 0.3) is 0 Å². The zero-order chi connectivity index (χ0) is 14.6. The Morgan fingerprint density at radius 1 is 1.47 bits per heavy atom. The number of hydrogen-bond acceptors (Lipinski definition) is 3. The summed E-state index contributed by atoms with van der Waals surface area (Å²) in [5.41, 5.74) is -0.128. The van der Waals surface area contributed by atoms with Gasteiger partial charge in [-0.3, -0.25) is 9.69 Å². The van der Waals surface area contributed by atoms with E-state index >= 15 is 0 Å². The van der Waals surface area contributed by atoms with Gasteiger partial charge in [-0.15, -0.1) is 0 Å². The molecule has 106 valence electrons. The Labute approximate surface area is 112 Å². The standard InChI is InChI=1S/C14H20FNO3/c1-14(2,13(17)18)16(3)8-7-10-5-6-12(19-4)11(15)9-10/h5-6,9H,7-8H2,1-4H3,(H,17,18). The third kappa shape index (κ3) is 3.67. The SMILES string of the molecule is COc1ccc(CCN(C)C(C)(C)C(=O)O)cc1F. The van der Waals surface area contributed by atoms with E-state index in [-0.39, 0.29) is 5.75 Å². The van der Waals surface area contributed by atoms with Crippen molar-refractivity contribution < 1.29 is 19.0 Å². The molecule has 0 bridgehead atoms. The van der Waals surface area contributed by atoms with Gasteiger partial charge in [-0.05, 0) is 45.0 Å². The highest BCUT2D eigenvalue weighted by molar-refractivity contribution is 5.77. The molecule has 0 aromatic heterocycles. The Bertz CT molecular complexity index is 460. The molecule has 1 N–H and O–H groups in total. The number of rotatable bonds is 6. The molecule has 0 fully saturated rings. The minimum Gasteiger partial charge on any atom is -0.494 e. The van der Waals surface area contributed by atoms with Gasteiger partial charge in [-0.1, -0.05) is 6.07 Å². The summed E-state index contributed by atoms with van der Waals surface area (Å²) in [7, 11) is 3.16. The first-order chi connectivity index (χ1) is 8.78. The minimum absolute atomic E-state index is 0.211. The molecule has 1 rings (SSSR count). The van der Waals surface area contributed by atoms with Gasteiger partial charge < -0.3 is 9.84 Å².